The number of nitrogens with two attached hydrogens (primary N) is 1. The first-order valence-corrected chi connectivity index (χ1v) is 12.9. The molecule has 4 atom stereocenters. The number of halogens is 1. The van der Waals surface area contributed by atoms with Gasteiger partial charge in [0.25, 0.3) is 10.0 Å². The van der Waals surface area contributed by atoms with Crippen molar-refractivity contribution in [2.24, 2.45) is 11.7 Å². The van der Waals surface area contributed by atoms with Crippen molar-refractivity contribution in [1.29, 1.82) is 0 Å². The van der Waals surface area contributed by atoms with E-state index in [0.717, 1.165) is 43.1 Å². The molecule has 3 N–H and O–H groups in total. The number of fused-ring (bicyclic) bond motifs is 3. The van der Waals surface area contributed by atoms with E-state index in [1.807, 2.05) is 17.9 Å². The van der Waals surface area contributed by atoms with Crippen molar-refractivity contribution in [3.8, 4) is 5.75 Å². The van der Waals surface area contributed by atoms with Gasteiger partial charge >= 0.3 is 0 Å². The minimum absolute atomic E-state index is 0.0366. The van der Waals surface area contributed by atoms with E-state index in [4.69, 9.17) is 10.5 Å². The molecule has 1 saturated heterocycles. The second kappa shape index (κ2) is 8.38. The first-order chi connectivity index (χ1) is 15.8. The molecule has 176 valence electrons. The third-order valence-electron chi connectivity index (χ3n) is 7.04. The normalized spacial score (nSPS) is 25.0. The van der Waals surface area contributed by atoms with Crippen LogP contribution >= 0.6 is 0 Å². The molecular formula is C24H28FN3O4S. The Kier molecular flexibility index (Phi) is 5.66. The zero-order chi connectivity index (χ0) is 23.3. The molecule has 0 aromatic heterocycles. The number of ketones is 1. The van der Waals surface area contributed by atoms with E-state index in [9.17, 15) is 17.6 Å². The number of nitrogens with one attached hydrogen (secondary N) is 1. The van der Waals surface area contributed by atoms with E-state index in [2.05, 4.69) is 4.72 Å². The maximum atomic E-state index is 14.1. The molecule has 5 rings (SSSR count). The van der Waals surface area contributed by atoms with E-state index in [-0.39, 0.29) is 22.3 Å². The van der Waals surface area contributed by atoms with Crippen LogP contribution in [0.15, 0.2) is 41.3 Å². The number of benzene rings is 2. The summed E-state index contributed by atoms with van der Waals surface area (Å²) in [5.41, 5.74) is 7.66. The van der Waals surface area contributed by atoms with Crippen LogP contribution < -0.4 is 15.2 Å². The van der Waals surface area contributed by atoms with Gasteiger partial charge < -0.3 is 10.5 Å². The van der Waals surface area contributed by atoms with Gasteiger partial charge in [-0.2, -0.15) is 0 Å². The highest BCUT2D eigenvalue weighted by Crippen LogP contribution is 2.54. The van der Waals surface area contributed by atoms with Gasteiger partial charge in [-0.1, -0.05) is 13.0 Å². The number of Topliss-reactive ketones (excluding diaryl/α,β-unsaturated/α-hetero) is 1. The summed E-state index contributed by atoms with van der Waals surface area (Å²) in [6.45, 7) is 4.09. The zero-order valence-corrected chi connectivity index (χ0v) is 19.3. The Labute approximate surface area is 193 Å². The Morgan fingerprint density at radius 3 is 2.91 bits per heavy atom. The zero-order valence-electron chi connectivity index (χ0n) is 18.5. The van der Waals surface area contributed by atoms with Gasteiger partial charge in [-0.05, 0) is 73.7 Å². The third kappa shape index (κ3) is 4.13. The van der Waals surface area contributed by atoms with Gasteiger partial charge in [-0.15, -0.1) is 0 Å². The van der Waals surface area contributed by atoms with E-state index >= 15 is 0 Å². The molecular weight excluding hydrogens is 445 g/mol. The molecule has 1 aliphatic carbocycles. The average molecular weight is 474 g/mol. The summed E-state index contributed by atoms with van der Waals surface area (Å²) >= 11 is 0. The highest BCUT2D eigenvalue weighted by molar-refractivity contribution is 7.92. The number of likely N-dealkylation sites (N-methyl/N-ethyl adjacent to an activating group) is 1. The lowest BCUT2D eigenvalue weighted by atomic mass is 9.97. The summed E-state index contributed by atoms with van der Waals surface area (Å²) in [7, 11) is -4.13. The molecule has 7 nitrogen and oxygen atoms in total. The summed E-state index contributed by atoms with van der Waals surface area (Å²) in [5, 5.41) is 0. The quantitative estimate of drug-likeness (QED) is 0.641. The summed E-state index contributed by atoms with van der Waals surface area (Å²) in [6.07, 6.45) is 2.63. The minimum atomic E-state index is -4.13. The molecule has 2 fully saturated rings. The molecule has 0 radical (unpaired) electrons. The van der Waals surface area contributed by atoms with Crippen LogP contribution in [-0.4, -0.2) is 44.8 Å². The van der Waals surface area contributed by atoms with Crippen molar-refractivity contribution < 1.29 is 22.3 Å². The van der Waals surface area contributed by atoms with Crippen molar-refractivity contribution in [3.63, 3.8) is 0 Å². The number of sulfonamides is 1. The van der Waals surface area contributed by atoms with Crippen LogP contribution in [-0.2, 0) is 14.8 Å². The van der Waals surface area contributed by atoms with Crippen LogP contribution in [0.2, 0.25) is 0 Å². The number of carbonyl (C=O) groups excluding carboxylic acids is 1. The van der Waals surface area contributed by atoms with Gasteiger partial charge in [0.15, 0.2) is 5.78 Å². The number of anilines is 1. The second-order valence-corrected chi connectivity index (χ2v) is 10.8. The molecule has 0 spiro atoms. The molecule has 1 saturated carbocycles. The monoisotopic (exact) mass is 473 g/mol. The summed E-state index contributed by atoms with van der Waals surface area (Å²) < 4.78 is 49.0. The van der Waals surface area contributed by atoms with Crippen LogP contribution in [0.4, 0.5) is 10.1 Å². The Bertz CT molecular complexity index is 1200. The molecule has 2 heterocycles. The minimum Gasteiger partial charge on any atom is -0.493 e. The van der Waals surface area contributed by atoms with Gasteiger partial charge in [-0.25, -0.2) is 12.8 Å². The van der Waals surface area contributed by atoms with Crippen molar-refractivity contribution in [2.75, 3.05) is 24.4 Å². The van der Waals surface area contributed by atoms with Crippen molar-refractivity contribution >= 4 is 21.5 Å². The van der Waals surface area contributed by atoms with Gasteiger partial charge in [0, 0.05) is 12.0 Å². The van der Waals surface area contributed by atoms with Gasteiger partial charge in [0.2, 0.25) is 0 Å². The standard InChI is InChI=1S/C24H28FN3O4S/c1-2-28-9-3-4-20(28)24(29)23(26)19-11-15(25)5-8-22(19)33(30,31)27-16-6-7-17-18-10-14(18)13-32-21(17)12-16/h5-8,11-12,14,18,20,23,27H,2-4,9-10,13,26H2,1H3/t14?,18?,20-,23?/m0/s1. The maximum absolute atomic E-state index is 14.1. The lowest BCUT2D eigenvalue weighted by Crippen LogP contribution is -2.41. The second-order valence-electron chi connectivity index (χ2n) is 9.12. The Morgan fingerprint density at radius 2 is 2.12 bits per heavy atom. The van der Waals surface area contributed by atoms with E-state index in [1.54, 1.807) is 12.1 Å². The fourth-order valence-electron chi connectivity index (χ4n) is 5.14. The average Bonchev–Trinajstić information content (AvgIpc) is 3.44. The highest BCUT2D eigenvalue weighted by atomic mass is 32.2. The number of hydrogen-bond donors (Lipinski definition) is 2. The van der Waals surface area contributed by atoms with Crippen molar-refractivity contribution in [1.82, 2.24) is 4.90 Å². The molecule has 0 amide bonds. The van der Waals surface area contributed by atoms with Gasteiger partial charge in [-0.3, -0.25) is 14.4 Å². The number of likely N-dealkylation sites (tertiary alicyclic amines) is 1. The molecule has 3 unspecified atom stereocenters. The van der Waals surface area contributed by atoms with Crippen LogP contribution in [0.25, 0.3) is 0 Å². The number of rotatable bonds is 7. The molecule has 9 heteroatoms. The molecule has 2 aliphatic heterocycles. The summed E-state index contributed by atoms with van der Waals surface area (Å²) in [6, 6.07) is 6.90. The van der Waals surface area contributed by atoms with Gasteiger partial charge in [0.05, 0.1) is 29.3 Å². The molecule has 0 bridgehead atoms. The third-order valence-corrected chi connectivity index (χ3v) is 8.50. The molecule has 2 aromatic carbocycles. The first kappa shape index (κ1) is 22.3. The van der Waals surface area contributed by atoms with Crippen LogP contribution in [0.3, 0.4) is 0 Å². The predicted octanol–water partition coefficient (Wildman–Crippen LogP) is 3.18. The number of nitrogens with zero attached hydrogens (tertiary/aromatic N) is 1. The van der Waals surface area contributed by atoms with Crippen LogP contribution in [0.5, 0.6) is 5.75 Å². The van der Waals surface area contributed by atoms with E-state index < -0.39 is 21.9 Å². The predicted molar refractivity (Wildman–Crippen MR) is 122 cm³/mol. The first-order valence-electron chi connectivity index (χ1n) is 11.4. The Morgan fingerprint density at radius 1 is 1.30 bits per heavy atom. The number of carbonyl (C=O) groups is 1. The Balaban J connectivity index is 1.43. The number of hydrogen-bond acceptors (Lipinski definition) is 6. The Hall–Kier alpha value is -2.49. The fourth-order valence-corrected chi connectivity index (χ4v) is 6.43. The topological polar surface area (TPSA) is 102 Å². The maximum Gasteiger partial charge on any atom is 0.262 e. The van der Waals surface area contributed by atoms with E-state index in [0.29, 0.717) is 42.8 Å². The lowest BCUT2D eigenvalue weighted by Gasteiger charge is -2.25. The number of ether oxygens (including phenoxy) is 1. The smallest absolute Gasteiger partial charge is 0.262 e. The van der Waals surface area contributed by atoms with Crippen molar-refractivity contribution in [2.45, 2.75) is 49.1 Å². The fraction of sp³-hybridized carbons (Fsp3) is 0.458. The molecule has 33 heavy (non-hydrogen) atoms. The van der Waals surface area contributed by atoms with Gasteiger partial charge in [0.1, 0.15) is 11.6 Å². The highest BCUT2D eigenvalue weighted by Gasteiger charge is 2.43. The SMILES string of the molecule is CCN1CCC[C@H]1C(=O)C(N)c1cc(F)ccc1S(=O)(=O)Nc1ccc2c(c1)OCC1CC21. The largest absolute Gasteiger partial charge is 0.493 e. The van der Waals surface area contributed by atoms with Crippen LogP contribution in [0, 0.1) is 11.7 Å². The lowest BCUT2D eigenvalue weighted by molar-refractivity contribution is -0.124. The molecule has 3 aliphatic rings. The summed E-state index contributed by atoms with van der Waals surface area (Å²) in [4.78, 5) is 15.0. The molecule has 2 aromatic rings. The summed E-state index contributed by atoms with van der Waals surface area (Å²) in [5.74, 6) is 0.792. The van der Waals surface area contributed by atoms with Crippen LogP contribution in [0.1, 0.15) is 49.3 Å². The van der Waals surface area contributed by atoms with Crippen molar-refractivity contribution in [3.05, 3.63) is 53.3 Å². The van der Waals surface area contributed by atoms with E-state index in [1.165, 1.54) is 0 Å².